The molecular formula is C15H11FO3. The number of aliphatic carboxylic acids is 1. The molecule has 0 saturated carbocycles. The molecule has 0 aliphatic heterocycles. The summed E-state index contributed by atoms with van der Waals surface area (Å²) in [6.45, 7) is 0. The van der Waals surface area contributed by atoms with E-state index in [1.165, 1.54) is 24.3 Å². The van der Waals surface area contributed by atoms with Crippen LogP contribution in [-0.4, -0.2) is 11.1 Å². The third-order valence-electron chi connectivity index (χ3n) is 2.35. The Hall–Kier alpha value is -2.62. The van der Waals surface area contributed by atoms with Gasteiger partial charge in [-0.2, -0.15) is 0 Å². The molecule has 0 aliphatic carbocycles. The molecule has 2 aromatic rings. The summed E-state index contributed by atoms with van der Waals surface area (Å²) in [5.41, 5.74) is 0.367. The lowest BCUT2D eigenvalue weighted by Crippen LogP contribution is -1.90. The number of halogens is 1. The second kappa shape index (κ2) is 5.82. The number of rotatable bonds is 4. The third kappa shape index (κ3) is 3.67. The lowest BCUT2D eigenvalue weighted by atomic mass is 10.2. The molecule has 0 atom stereocenters. The van der Waals surface area contributed by atoms with Gasteiger partial charge in [-0.05, 0) is 36.4 Å². The van der Waals surface area contributed by atoms with Gasteiger partial charge in [0.15, 0.2) is 0 Å². The number of para-hydroxylation sites is 1. The highest BCUT2D eigenvalue weighted by Gasteiger charge is 2.04. The summed E-state index contributed by atoms with van der Waals surface area (Å²) in [6.07, 6.45) is 2.23. The number of benzene rings is 2. The first-order valence-electron chi connectivity index (χ1n) is 5.58. The van der Waals surface area contributed by atoms with E-state index >= 15 is 0 Å². The molecule has 0 aliphatic rings. The van der Waals surface area contributed by atoms with Crippen molar-refractivity contribution in [3.05, 3.63) is 66.0 Å². The molecule has 96 valence electrons. The van der Waals surface area contributed by atoms with Gasteiger partial charge < -0.3 is 9.84 Å². The van der Waals surface area contributed by atoms with Crippen molar-refractivity contribution >= 4 is 12.0 Å². The van der Waals surface area contributed by atoms with Crippen molar-refractivity contribution in [1.29, 1.82) is 0 Å². The SMILES string of the molecule is O=C(O)/C=C/c1cc(F)ccc1Oc1ccccc1. The summed E-state index contributed by atoms with van der Waals surface area (Å²) in [7, 11) is 0. The first kappa shape index (κ1) is 12.8. The van der Waals surface area contributed by atoms with Gasteiger partial charge in [0.05, 0.1) is 0 Å². The van der Waals surface area contributed by atoms with E-state index in [4.69, 9.17) is 9.84 Å². The summed E-state index contributed by atoms with van der Waals surface area (Å²) in [5, 5.41) is 8.60. The standard InChI is InChI=1S/C15H11FO3/c16-12-7-8-14(11(10-12)6-9-15(17)18)19-13-4-2-1-3-5-13/h1-10H,(H,17,18)/b9-6+. The minimum Gasteiger partial charge on any atom is -0.478 e. The molecule has 0 spiro atoms. The predicted octanol–water partition coefficient (Wildman–Crippen LogP) is 3.72. The van der Waals surface area contributed by atoms with Gasteiger partial charge in [0.1, 0.15) is 17.3 Å². The van der Waals surface area contributed by atoms with Crippen LogP contribution >= 0.6 is 0 Å². The van der Waals surface area contributed by atoms with Crippen LogP contribution in [0.2, 0.25) is 0 Å². The van der Waals surface area contributed by atoms with E-state index in [2.05, 4.69) is 0 Å². The molecule has 4 heteroatoms. The van der Waals surface area contributed by atoms with Gasteiger partial charge in [0.25, 0.3) is 0 Å². The third-order valence-corrected chi connectivity index (χ3v) is 2.35. The molecule has 0 fully saturated rings. The van der Waals surface area contributed by atoms with Gasteiger partial charge in [-0.15, -0.1) is 0 Å². The Kier molecular flexibility index (Phi) is 3.93. The van der Waals surface area contributed by atoms with Gasteiger partial charge in [-0.25, -0.2) is 9.18 Å². The molecule has 0 bridgehead atoms. The van der Waals surface area contributed by atoms with Crippen molar-refractivity contribution < 1.29 is 19.0 Å². The Morgan fingerprint density at radius 2 is 1.89 bits per heavy atom. The molecule has 2 rings (SSSR count). The molecule has 1 N–H and O–H groups in total. The fraction of sp³-hybridized carbons (Fsp3) is 0. The minimum absolute atomic E-state index is 0.367. The average Bonchev–Trinajstić information content (AvgIpc) is 2.40. The van der Waals surface area contributed by atoms with E-state index in [1.54, 1.807) is 12.1 Å². The van der Waals surface area contributed by atoms with Crippen LogP contribution in [0.25, 0.3) is 6.08 Å². The van der Waals surface area contributed by atoms with Gasteiger partial charge in [0.2, 0.25) is 0 Å². The highest BCUT2D eigenvalue weighted by Crippen LogP contribution is 2.26. The number of carbonyl (C=O) groups is 1. The lowest BCUT2D eigenvalue weighted by molar-refractivity contribution is -0.131. The van der Waals surface area contributed by atoms with Crippen LogP contribution in [0.1, 0.15) is 5.56 Å². The number of ether oxygens (including phenoxy) is 1. The summed E-state index contributed by atoms with van der Waals surface area (Å²) >= 11 is 0. The molecule has 0 aromatic heterocycles. The van der Waals surface area contributed by atoms with Crippen LogP contribution in [-0.2, 0) is 4.79 Å². The van der Waals surface area contributed by atoms with Crippen LogP contribution in [0, 0.1) is 5.82 Å². The van der Waals surface area contributed by atoms with E-state index < -0.39 is 11.8 Å². The monoisotopic (exact) mass is 258 g/mol. The van der Waals surface area contributed by atoms with Crippen molar-refractivity contribution in [2.24, 2.45) is 0 Å². The van der Waals surface area contributed by atoms with Crippen LogP contribution < -0.4 is 4.74 Å². The fourth-order valence-corrected chi connectivity index (χ4v) is 1.52. The van der Waals surface area contributed by atoms with E-state index in [1.807, 2.05) is 18.2 Å². The van der Waals surface area contributed by atoms with E-state index in [9.17, 15) is 9.18 Å². The van der Waals surface area contributed by atoms with Crippen LogP contribution in [0.15, 0.2) is 54.6 Å². The van der Waals surface area contributed by atoms with E-state index in [0.29, 0.717) is 17.1 Å². The van der Waals surface area contributed by atoms with E-state index in [-0.39, 0.29) is 0 Å². The summed E-state index contributed by atoms with van der Waals surface area (Å²) in [6, 6.07) is 12.9. The molecule has 0 radical (unpaired) electrons. The average molecular weight is 258 g/mol. The maximum atomic E-state index is 13.2. The van der Waals surface area contributed by atoms with Gasteiger partial charge >= 0.3 is 5.97 Å². The zero-order chi connectivity index (χ0) is 13.7. The molecule has 0 saturated heterocycles. The molecule has 3 nitrogen and oxygen atoms in total. The fourth-order valence-electron chi connectivity index (χ4n) is 1.52. The second-order valence-corrected chi connectivity index (χ2v) is 3.77. The van der Waals surface area contributed by atoms with Gasteiger partial charge in [0, 0.05) is 11.6 Å². The first-order chi connectivity index (χ1) is 9.15. The number of hydrogen-bond donors (Lipinski definition) is 1. The Morgan fingerprint density at radius 3 is 2.58 bits per heavy atom. The van der Waals surface area contributed by atoms with Gasteiger partial charge in [-0.3, -0.25) is 0 Å². The largest absolute Gasteiger partial charge is 0.478 e. The molecule has 0 unspecified atom stereocenters. The van der Waals surface area contributed by atoms with Gasteiger partial charge in [-0.1, -0.05) is 18.2 Å². The summed E-state index contributed by atoms with van der Waals surface area (Å²) in [4.78, 5) is 10.5. The van der Waals surface area contributed by atoms with E-state index in [0.717, 1.165) is 6.08 Å². The second-order valence-electron chi connectivity index (χ2n) is 3.77. The van der Waals surface area contributed by atoms with Crippen molar-refractivity contribution in [2.75, 3.05) is 0 Å². The molecule has 0 amide bonds. The van der Waals surface area contributed by atoms with Crippen molar-refractivity contribution in [1.82, 2.24) is 0 Å². The normalized spacial score (nSPS) is 10.6. The maximum absolute atomic E-state index is 13.2. The summed E-state index contributed by atoms with van der Waals surface area (Å²) in [5.74, 6) is -0.565. The lowest BCUT2D eigenvalue weighted by Gasteiger charge is -2.08. The first-order valence-corrected chi connectivity index (χ1v) is 5.58. The number of hydrogen-bond acceptors (Lipinski definition) is 2. The Bertz CT molecular complexity index is 606. The Balaban J connectivity index is 2.32. The predicted molar refractivity (Wildman–Crippen MR) is 69.6 cm³/mol. The topological polar surface area (TPSA) is 46.5 Å². The quantitative estimate of drug-likeness (QED) is 0.850. The molecule has 2 aromatic carbocycles. The number of carboxylic acids is 1. The molecule has 19 heavy (non-hydrogen) atoms. The van der Waals surface area contributed by atoms with Crippen LogP contribution in [0.3, 0.4) is 0 Å². The molecular weight excluding hydrogens is 247 g/mol. The summed E-state index contributed by atoms with van der Waals surface area (Å²) < 4.78 is 18.8. The number of carboxylic acid groups (broad SMARTS) is 1. The highest BCUT2D eigenvalue weighted by molar-refractivity contribution is 5.85. The minimum atomic E-state index is -1.10. The van der Waals surface area contributed by atoms with Crippen molar-refractivity contribution in [3.8, 4) is 11.5 Å². The van der Waals surface area contributed by atoms with Crippen LogP contribution in [0.4, 0.5) is 4.39 Å². The zero-order valence-corrected chi connectivity index (χ0v) is 9.92. The highest BCUT2D eigenvalue weighted by atomic mass is 19.1. The van der Waals surface area contributed by atoms with Crippen molar-refractivity contribution in [3.63, 3.8) is 0 Å². The Labute approximate surface area is 109 Å². The smallest absolute Gasteiger partial charge is 0.328 e. The van der Waals surface area contributed by atoms with Crippen LogP contribution in [0.5, 0.6) is 11.5 Å². The van der Waals surface area contributed by atoms with Crippen molar-refractivity contribution in [2.45, 2.75) is 0 Å². The maximum Gasteiger partial charge on any atom is 0.328 e. The Morgan fingerprint density at radius 1 is 1.16 bits per heavy atom. The zero-order valence-electron chi connectivity index (χ0n) is 9.92. The molecule has 0 heterocycles.